The molecule has 0 aliphatic carbocycles. The Labute approximate surface area is 229 Å². The third-order valence-electron chi connectivity index (χ3n) is 6.47. The van der Waals surface area contributed by atoms with Crippen molar-refractivity contribution in [3.8, 4) is 5.75 Å². The second-order valence-electron chi connectivity index (χ2n) is 9.02. The fraction of sp³-hybridized carbons (Fsp3) is 0.345. The van der Waals surface area contributed by atoms with Crippen molar-refractivity contribution in [2.24, 2.45) is 0 Å². The molecule has 1 aliphatic heterocycles. The monoisotopic (exact) mass is 547 g/mol. The maximum absolute atomic E-state index is 13.5. The van der Waals surface area contributed by atoms with Gasteiger partial charge in [0.25, 0.3) is 0 Å². The van der Waals surface area contributed by atoms with Crippen LogP contribution in [0.2, 0.25) is 10.0 Å². The molecule has 0 aromatic heterocycles. The molecule has 0 unspecified atom stereocenters. The van der Waals surface area contributed by atoms with Gasteiger partial charge < -0.3 is 9.47 Å². The van der Waals surface area contributed by atoms with Gasteiger partial charge >= 0.3 is 0 Å². The van der Waals surface area contributed by atoms with Crippen LogP contribution in [0.5, 0.6) is 5.75 Å². The molecule has 1 saturated heterocycles. The van der Waals surface area contributed by atoms with Gasteiger partial charge in [0.05, 0.1) is 13.2 Å². The molecule has 0 N–H and O–H groups in total. The van der Waals surface area contributed by atoms with Crippen molar-refractivity contribution in [1.82, 2.24) is 4.90 Å². The summed E-state index contributed by atoms with van der Waals surface area (Å²) in [6.07, 6.45) is 0.347. The summed E-state index contributed by atoms with van der Waals surface area (Å²) in [4.78, 5) is 15.8. The zero-order chi connectivity index (χ0) is 24.8. The molecule has 3 aromatic rings. The summed E-state index contributed by atoms with van der Waals surface area (Å²) in [6, 6.07) is 19.3. The highest BCUT2D eigenvalue weighted by Gasteiger charge is 2.21. The van der Waals surface area contributed by atoms with Gasteiger partial charge in [0.15, 0.2) is 5.78 Å². The molecule has 3 aromatic carbocycles. The van der Waals surface area contributed by atoms with Crippen LogP contribution in [0, 0.1) is 13.8 Å². The topological polar surface area (TPSA) is 38.8 Å². The molecule has 0 radical (unpaired) electrons. The van der Waals surface area contributed by atoms with Crippen molar-refractivity contribution < 1.29 is 14.3 Å². The lowest BCUT2D eigenvalue weighted by Crippen LogP contribution is -2.38. The molecule has 0 bridgehead atoms. The predicted octanol–water partition coefficient (Wildman–Crippen LogP) is 7.15. The fourth-order valence-electron chi connectivity index (χ4n) is 4.56. The highest BCUT2D eigenvalue weighted by atomic mass is 35.5. The van der Waals surface area contributed by atoms with Gasteiger partial charge in [-0.2, -0.15) is 0 Å². The average molecular weight is 549 g/mol. The van der Waals surface area contributed by atoms with Gasteiger partial charge in [-0.05, 0) is 72.5 Å². The van der Waals surface area contributed by atoms with E-state index in [1.807, 2.05) is 74.5 Å². The van der Waals surface area contributed by atoms with Crippen LogP contribution in [0.1, 0.15) is 45.0 Å². The molecule has 4 nitrogen and oxygen atoms in total. The molecule has 0 atom stereocenters. The van der Waals surface area contributed by atoms with E-state index in [9.17, 15) is 4.79 Å². The molecule has 1 heterocycles. The second-order valence-corrected chi connectivity index (χ2v) is 9.90. The van der Waals surface area contributed by atoms with Crippen LogP contribution in [0.15, 0.2) is 60.7 Å². The Morgan fingerprint density at radius 1 is 0.917 bits per heavy atom. The number of hydrogen-bond acceptors (Lipinski definition) is 4. The summed E-state index contributed by atoms with van der Waals surface area (Å²) >= 11 is 12.2. The van der Waals surface area contributed by atoms with Gasteiger partial charge in [-0.1, -0.05) is 47.5 Å². The Hall–Kier alpha value is -2.08. The minimum absolute atomic E-state index is 0. The van der Waals surface area contributed by atoms with E-state index in [2.05, 4.69) is 4.90 Å². The standard InChI is InChI=1S/C29H31Cl2NO3.ClH/c1-20-17-24(18-21(2)29(20)35-16-13-32-11-14-34-15-12-32)28(33)19-27(22-3-7-25(30)8-4-22)23-5-9-26(31)10-6-23;/h3-10,17-18,27H,11-16,19H2,1-2H3;1H. The van der Waals surface area contributed by atoms with Gasteiger partial charge in [-0.15, -0.1) is 12.4 Å². The lowest BCUT2D eigenvalue weighted by atomic mass is 9.85. The summed E-state index contributed by atoms with van der Waals surface area (Å²) in [5.74, 6) is 0.856. The van der Waals surface area contributed by atoms with Gasteiger partial charge in [0, 0.05) is 47.6 Å². The number of aryl methyl sites for hydroxylation is 2. The molecule has 0 amide bonds. The third-order valence-corrected chi connectivity index (χ3v) is 6.98. The van der Waals surface area contributed by atoms with Crippen LogP contribution in [-0.4, -0.2) is 50.1 Å². The SMILES string of the molecule is Cc1cc(C(=O)CC(c2ccc(Cl)cc2)c2ccc(Cl)cc2)cc(C)c1OCCN1CCOCC1.Cl. The molecule has 0 spiro atoms. The summed E-state index contributed by atoms with van der Waals surface area (Å²) in [5.41, 5.74) is 4.74. The van der Waals surface area contributed by atoms with Crippen LogP contribution in [0.3, 0.4) is 0 Å². The predicted molar refractivity (Wildman–Crippen MR) is 150 cm³/mol. The normalized spacial score (nSPS) is 13.9. The molecule has 0 saturated carbocycles. The number of halogens is 3. The molecule has 7 heteroatoms. The Kier molecular flexibility index (Phi) is 10.7. The summed E-state index contributed by atoms with van der Waals surface area (Å²) < 4.78 is 11.5. The summed E-state index contributed by atoms with van der Waals surface area (Å²) in [5, 5.41) is 1.34. The number of ketones is 1. The lowest BCUT2D eigenvalue weighted by Gasteiger charge is -2.26. The van der Waals surface area contributed by atoms with E-state index < -0.39 is 0 Å². The summed E-state index contributed by atoms with van der Waals surface area (Å²) in [7, 11) is 0. The zero-order valence-electron chi connectivity index (χ0n) is 20.6. The first-order chi connectivity index (χ1) is 16.9. The van der Waals surface area contributed by atoms with E-state index in [1.165, 1.54) is 0 Å². The Bertz CT molecular complexity index is 1070. The van der Waals surface area contributed by atoms with Crippen LogP contribution in [-0.2, 0) is 4.74 Å². The van der Waals surface area contributed by atoms with Crippen LogP contribution >= 0.6 is 35.6 Å². The minimum Gasteiger partial charge on any atom is -0.492 e. The number of carbonyl (C=O) groups is 1. The zero-order valence-corrected chi connectivity index (χ0v) is 23.0. The van der Waals surface area contributed by atoms with E-state index in [0.717, 1.165) is 60.9 Å². The highest BCUT2D eigenvalue weighted by molar-refractivity contribution is 6.30. The number of benzene rings is 3. The molecule has 1 fully saturated rings. The number of ether oxygens (including phenoxy) is 2. The fourth-order valence-corrected chi connectivity index (χ4v) is 4.81. The smallest absolute Gasteiger partial charge is 0.163 e. The molecule has 1 aliphatic rings. The molecular formula is C29H32Cl3NO3. The van der Waals surface area contributed by atoms with Crippen LogP contribution in [0.4, 0.5) is 0 Å². The largest absolute Gasteiger partial charge is 0.492 e. The molecular weight excluding hydrogens is 517 g/mol. The van der Waals surface area contributed by atoms with Crippen molar-refractivity contribution >= 4 is 41.4 Å². The molecule has 4 rings (SSSR count). The van der Waals surface area contributed by atoms with Gasteiger partial charge in [0.2, 0.25) is 0 Å². The van der Waals surface area contributed by atoms with E-state index in [1.54, 1.807) is 0 Å². The lowest BCUT2D eigenvalue weighted by molar-refractivity contribution is 0.0322. The van der Waals surface area contributed by atoms with Crippen molar-refractivity contribution in [3.05, 3.63) is 98.5 Å². The van der Waals surface area contributed by atoms with Crippen LogP contribution < -0.4 is 4.74 Å². The van der Waals surface area contributed by atoms with E-state index in [4.69, 9.17) is 32.7 Å². The Morgan fingerprint density at radius 3 is 1.92 bits per heavy atom. The van der Waals surface area contributed by atoms with E-state index in [0.29, 0.717) is 28.6 Å². The number of carbonyl (C=O) groups excluding carboxylic acids is 1. The van der Waals surface area contributed by atoms with Gasteiger partial charge in [-0.3, -0.25) is 9.69 Å². The highest BCUT2D eigenvalue weighted by Crippen LogP contribution is 2.32. The first-order valence-corrected chi connectivity index (χ1v) is 12.7. The number of hydrogen-bond donors (Lipinski definition) is 0. The Balaban J connectivity index is 0.00000361. The molecule has 36 heavy (non-hydrogen) atoms. The number of rotatable bonds is 9. The van der Waals surface area contributed by atoms with Crippen LogP contribution in [0.25, 0.3) is 0 Å². The first kappa shape index (κ1) is 28.5. The Morgan fingerprint density at radius 2 is 1.42 bits per heavy atom. The van der Waals surface area contributed by atoms with Crippen molar-refractivity contribution in [2.45, 2.75) is 26.2 Å². The number of Topliss-reactive ketones (excluding diaryl/α,β-unsaturated/α-hetero) is 1. The van der Waals surface area contributed by atoms with E-state index >= 15 is 0 Å². The second kappa shape index (κ2) is 13.5. The minimum atomic E-state index is -0.0953. The van der Waals surface area contributed by atoms with Crippen molar-refractivity contribution in [1.29, 1.82) is 0 Å². The van der Waals surface area contributed by atoms with E-state index in [-0.39, 0.29) is 24.1 Å². The number of nitrogens with zero attached hydrogens (tertiary/aromatic N) is 1. The van der Waals surface area contributed by atoms with Gasteiger partial charge in [0.1, 0.15) is 12.4 Å². The maximum Gasteiger partial charge on any atom is 0.163 e. The van der Waals surface area contributed by atoms with Gasteiger partial charge in [-0.25, -0.2) is 0 Å². The number of morpholine rings is 1. The average Bonchev–Trinajstić information content (AvgIpc) is 2.86. The first-order valence-electron chi connectivity index (χ1n) is 12.0. The van der Waals surface area contributed by atoms with Crippen molar-refractivity contribution in [3.63, 3.8) is 0 Å². The quantitative estimate of drug-likeness (QED) is 0.266. The third kappa shape index (κ3) is 7.47. The molecule has 192 valence electrons. The maximum atomic E-state index is 13.5. The van der Waals surface area contributed by atoms with Crippen molar-refractivity contribution in [2.75, 3.05) is 39.5 Å². The summed E-state index contributed by atoms with van der Waals surface area (Å²) in [6.45, 7) is 8.93.